The third-order valence-corrected chi connectivity index (χ3v) is 10.2. The summed E-state index contributed by atoms with van der Waals surface area (Å²) in [5.74, 6) is 0.544. The minimum absolute atomic E-state index is 0.259. The van der Waals surface area contributed by atoms with Gasteiger partial charge in [-0.2, -0.15) is 0 Å². The Balaban J connectivity index is 1.34. The number of fused-ring (bicyclic) bond motifs is 4. The lowest BCUT2D eigenvalue weighted by Crippen LogP contribution is -2.33. The van der Waals surface area contributed by atoms with Crippen molar-refractivity contribution in [3.63, 3.8) is 0 Å². The molecule has 1 aliphatic heterocycles. The molecule has 0 spiro atoms. The molecule has 0 amide bonds. The molecule has 46 heavy (non-hydrogen) atoms. The number of nitrogens with zero attached hydrogens (tertiary/aromatic N) is 2. The zero-order chi connectivity index (χ0) is 30.5. The maximum absolute atomic E-state index is 4.82. The monoisotopic (exact) mass is 590 g/mol. The van der Waals surface area contributed by atoms with Crippen molar-refractivity contribution in [1.29, 1.82) is 0 Å². The molecule has 3 aliphatic carbocycles. The standard InChI is InChI=1S/C44H34N2/c1-3-15-31-29(13-1)33(41-21-9-11-27-45-41)23-25-39(31)43-35-17-5-7-19-37(35)44(38-20-8-6-18-36(38)43)40-26-24-34(42-22-10-12-28-46-42)30-14-2-4-16-32(30)40/h1-9,11-21,24,26-28,30,32H,10,22-23,25H2. The Morgan fingerprint density at radius 2 is 1.13 bits per heavy atom. The minimum Gasteiger partial charge on any atom is -0.261 e. The highest BCUT2D eigenvalue weighted by molar-refractivity contribution is 6.17. The second-order valence-electron chi connectivity index (χ2n) is 12.6. The van der Waals surface area contributed by atoms with E-state index in [0.717, 1.165) is 31.4 Å². The summed E-state index contributed by atoms with van der Waals surface area (Å²) in [6.45, 7) is 0. The zero-order valence-corrected chi connectivity index (χ0v) is 25.7. The summed E-state index contributed by atoms with van der Waals surface area (Å²) in [5, 5.41) is 7.92. The normalized spacial score (nSPS) is 20.3. The molecule has 0 radical (unpaired) electrons. The van der Waals surface area contributed by atoms with Crippen molar-refractivity contribution < 1.29 is 0 Å². The molecule has 0 saturated carbocycles. The summed E-state index contributed by atoms with van der Waals surface area (Å²) in [5.41, 5.74) is 10.5. The number of aromatic nitrogens is 1. The Kier molecular flexibility index (Phi) is 6.59. The van der Waals surface area contributed by atoms with Gasteiger partial charge in [0.1, 0.15) is 0 Å². The molecule has 1 aromatic heterocycles. The largest absolute Gasteiger partial charge is 0.261 e. The van der Waals surface area contributed by atoms with E-state index >= 15 is 0 Å². The van der Waals surface area contributed by atoms with Crippen LogP contribution in [-0.4, -0.2) is 10.7 Å². The Labute approximate surface area is 269 Å². The van der Waals surface area contributed by atoms with Crippen molar-refractivity contribution in [1.82, 2.24) is 4.98 Å². The van der Waals surface area contributed by atoms with Gasteiger partial charge in [0.2, 0.25) is 0 Å². The van der Waals surface area contributed by atoms with Gasteiger partial charge in [-0.25, -0.2) is 0 Å². The Morgan fingerprint density at radius 1 is 0.543 bits per heavy atom. The number of aliphatic imine (C=N–C) groups is 1. The van der Waals surface area contributed by atoms with Crippen molar-refractivity contribution in [2.24, 2.45) is 16.8 Å². The fourth-order valence-corrected chi connectivity index (χ4v) is 8.22. The molecule has 4 aromatic carbocycles. The highest BCUT2D eigenvalue weighted by Crippen LogP contribution is 2.47. The van der Waals surface area contributed by atoms with E-state index in [-0.39, 0.29) is 11.8 Å². The van der Waals surface area contributed by atoms with Crippen LogP contribution in [0.1, 0.15) is 42.5 Å². The summed E-state index contributed by atoms with van der Waals surface area (Å²) in [7, 11) is 0. The lowest BCUT2D eigenvalue weighted by molar-refractivity contribution is 0.657. The van der Waals surface area contributed by atoms with Crippen molar-refractivity contribution in [2.75, 3.05) is 0 Å². The van der Waals surface area contributed by atoms with Crippen LogP contribution in [0.5, 0.6) is 0 Å². The summed E-state index contributed by atoms with van der Waals surface area (Å²) in [6, 6.07) is 33.4. The van der Waals surface area contributed by atoms with E-state index in [1.165, 1.54) is 71.1 Å². The smallest absolute Gasteiger partial charge is 0.0667 e. The van der Waals surface area contributed by atoms with Crippen molar-refractivity contribution in [3.8, 4) is 0 Å². The summed E-state index contributed by atoms with van der Waals surface area (Å²) >= 11 is 0. The van der Waals surface area contributed by atoms with E-state index < -0.39 is 0 Å². The number of rotatable bonds is 4. The third-order valence-electron chi connectivity index (χ3n) is 10.2. The van der Waals surface area contributed by atoms with E-state index in [9.17, 15) is 0 Å². The quantitative estimate of drug-likeness (QED) is 0.192. The second-order valence-corrected chi connectivity index (χ2v) is 12.6. The van der Waals surface area contributed by atoms with Gasteiger partial charge in [0.05, 0.1) is 5.69 Å². The molecule has 2 heteroatoms. The lowest BCUT2D eigenvalue weighted by Gasteiger charge is -2.34. The van der Waals surface area contributed by atoms with Gasteiger partial charge in [-0.15, -0.1) is 0 Å². The fraction of sp³-hybridized carbons (Fsp3) is 0.136. The Bertz CT molecular complexity index is 2310. The van der Waals surface area contributed by atoms with Crippen LogP contribution in [0.15, 0.2) is 156 Å². The Hall–Kier alpha value is -5.34. The van der Waals surface area contributed by atoms with Crippen molar-refractivity contribution in [2.45, 2.75) is 25.7 Å². The number of pyridine rings is 1. The predicted octanol–water partition coefficient (Wildman–Crippen LogP) is 9.01. The number of benzene rings is 4. The molecule has 0 fully saturated rings. The lowest BCUT2D eigenvalue weighted by atomic mass is 9.70. The maximum atomic E-state index is 4.82. The summed E-state index contributed by atoms with van der Waals surface area (Å²) in [4.78, 5) is 9.57. The average Bonchev–Trinajstić information content (AvgIpc) is 3.14. The van der Waals surface area contributed by atoms with E-state index in [1.807, 2.05) is 18.5 Å². The van der Waals surface area contributed by atoms with E-state index in [0.29, 0.717) is 0 Å². The molecule has 2 heterocycles. The first-order valence-electron chi connectivity index (χ1n) is 16.5. The van der Waals surface area contributed by atoms with Crippen LogP contribution < -0.4 is 10.4 Å². The number of hydrogen-bond donors (Lipinski definition) is 0. The van der Waals surface area contributed by atoms with Gasteiger partial charge >= 0.3 is 0 Å². The van der Waals surface area contributed by atoms with Crippen LogP contribution in [0.3, 0.4) is 0 Å². The molecule has 9 rings (SSSR count). The minimum atomic E-state index is 0.259. The fourth-order valence-electron chi connectivity index (χ4n) is 8.22. The SMILES string of the molecule is C1=CC2C(C3=NC=CCC3)=CC=C(c3c4ccccc4c(C4=c5ccccc5=C(c5ccccn5)CC4)c4ccccc34)C2C=C1. The van der Waals surface area contributed by atoms with E-state index in [2.05, 4.69) is 127 Å². The molecule has 2 atom stereocenters. The molecule has 220 valence electrons. The number of allylic oxidation sites excluding steroid dienone is 9. The molecular formula is C44H34N2. The first kappa shape index (κ1) is 27.0. The molecule has 2 unspecified atom stereocenters. The van der Waals surface area contributed by atoms with E-state index in [1.54, 1.807) is 0 Å². The van der Waals surface area contributed by atoms with Crippen LogP contribution in [0.4, 0.5) is 0 Å². The van der Waals surface area contributed by atoms with Crippen LogP contribution in [0, 0.1) is 11.8 Å². The molecule has 2 nitrogen and oxygen atoms in total. The Morgan fingerprint density at radius 3 is 1.78 bits per heavy atom. The van der Waals surface area contributed by atoms with Gasteiger partial charge in [-0.05, 0) is 103 Å². The summed E-state index contributed by atoms with van der Waals surface area (Å²) in [6.07, 6.45) is 24.0. The molecule has 0 N–H and O–H groups in total. The van der Waals surface area contributed by atoms with Crippen LogP contribution in [0.25, 0.3) is 38.3 Å². The summed E-state index contributed by atoms with van der Waals surface area (Å²) < 4.78 is 0. The van der Waals surface area contributed by atoms with Crippen molar-refractivity contribution in [3.05, 3.63) is 179 Å². The zero-order valence-electron chi connectivity index (χ0n) is 25.7. The molecule has 0 saturated heterocycles. The third kappa shape index (κ3) is 4.32. The van der Waals surface area contributed by atoms with Crippen LogP contribution in [-0.2, 0) is 0 Å². The van der Waals surface area contributed by atoms with Gasteiger partial charge in [0.15, 0.2) is 0 Å². The highest BCUT2D eigenvalue weighted by Gasteiger charge is 2.33. The number of hydrogen-bond acceptors (Lipinski definition) is 2. The van der Waals surface area contributed by atoms with Gasteiger partial charge < -0.3 is 0 Å². The van der Waals surface area contributed by atoms with Gasteiger partial charge in [-0.3, -0.25) is 9.98 Å². The van der Waals surface area contributed by atoms with Crippen LogP contribution in [0.2, 0.25) is 0 Å². The van der Waals surface area contributed by atoms with Gasteiger partial charge in [-0.1, -0.05) is 121 Å². The van der Waals surface area contributed by atoms with Crippen molar-refractivity contribution >= 4 is 44.0 Å². The second kappa shape index (κ2) is 11.2. The average molecular weight is 591 g/mol. The topological polar surface area (TPSA) is 25.2 Å². The molecular weight excluding hydrogens is 556 g/mol. The van der Waals surface area contributed by atoms with E-state index in [4.69, 9.17) is 9.98 Å². The molecule has 4 aliphatic rings. The highest BCUT2D eigenvalue weighted by atomic mass is 14.7. The molecule has 5 aromatic rings. The molecule has 0 bridgehead atoms. The van der Waals surface area contributed by atoms with Gasteiger partial charge in [0.25, 0.3) is 0 Å². The van der Waals surface area contributed by atoms with Crippen LogP contribution >= 0.6 is 0 Å². The first-order valence-corrected chi connectivity index (χ1v) is 16.5. The predicted molar refractivity (Wildman–Crippen MR) is 193 cm³/mol. The first-order chi connectivity index (χ1) is 22.9. The maximum Gasteiger partial charge on any atom is 0.0667 e. The van der Waals surface area contributed by atoms with Gasteiger partial charge in [0, 0.05) is 29.9 Å².